The van der Waals surface area contributed by atoms with Crippen LogP contribution >= 0.6 is 0 Å². The molecule has 0 aliphatic carbocycles. The molecule has 0 saturated heterocycles. The Labute approximate surface area is 102 Å². The highest BCUT2D eigenvalue weighted by Gasteiger charge is 2.09. The summed E-state index contributed by atoms with van der Waals surface area (Å²) in [7, 11) is 1.21. The first kappa shape index (κ1) is 11.8. The standard InChI is InChI=1S/C12H9N3O3/c1-17-12(16)10(14-15-13)7-9-6-8-4-2-3-5-11(8)18-9/h2-7H,1H3/b10-7-. The van der Waals surface area contributed by atoms with E-state index in [-0.39, 0.29) is 5.70 Å². The Hall–Kier alpha value is -2.72. The molecule has 0 spiro atoms. The molecular formula is C12H9N3O3. The molecule has 1 aromatic heterocycles. The highest BCUT2D eigenvalue weighted by molar-refractivity contribution is 5.93. The summed E-state index contributed by atoms with van der Waals surface area (Å²) in [5.41, 5.74) is 8.91. The van der Waals surface area contributed by atoms with Crippen molar-refractivity contribution in [1.82, 2.24) is 0 Å². The van der Waals surface area contributed by atoms with Crippen molar-refractivity contribution in [3.8, 4) is 0 Å². The number of benzene rings is 1. The minimum absolute atomic E-state index is 0.154. The van der Waals surface area contributed by atoms with Crippen molar-refractivity contribution in [3.05, 3.63) is 52.2 Å². The van der Waals surface area contributed by atoms with Gasteiger partial charge in [0.1, 0.15) is 17.0 Å². The van der Waals surface area contributed by atoms with Crippen molar-refractivity contribution in [2.75, 3.05) is 7.11 Å². The van der Waals surface area contributed by atoms with Crippen LogP contribution in [0, 0.1) is 0 Å². The first-order chi connectivity index (χ1) is 8.74. The van der Waals surface area contributed by atoms with E-state index in [0.29, 0.717) is 11.3 Å². The van der Waals surface area contributed by atoms with E-state index in [4.69, 9.17) is 9.95 Å². The number of esters is 1. The molecule has 0 aliphatic rings. The van der Waals surface area contributed by atoms with Crippen molar-refractivity contribution in [1.29, 1.82) is 0 Å². The molecule has 6 heteroatoms. The zero-order valence-electron chi connectivity index (χ0n) is 9.53. The quantitative estimate of drug-likeness (QED) is 0.272. The van der Waals surface area contributed by atoms with Crippen molar-refractivity contribution in [2.45, 2.75) is 0 Å². The molecule has 2 rings (SSSR count). The Morgan fingerprint density at radius 3 is 2.94 bits per heavy atom. The largest absolute Gasteiger partial charge is 0.466 e. The van der Waals surface area contributed by atoms with E-state index in [1.807, 2.05) is 18.2 Å². The average Bonchev–Trinajstić information content (AvgIpc) is 2.79. The van der Waals surface area contributed by atoms with Crippen LogP contribution in [-0.2, 0) is 9.53 Å². The normalized spacial score (nSPS) is 11.1. The minimum atomic E-state index is -0.715. The molecule has 0 unspecified atom stereocenters. The molecule has 1 aromatic carbocycles. The van der Waals surface area contributed by atoms with Gasteiger partial charge in [0.2, 0.25) is 0 Å². The number of carbonyl (C=O) groups excluding carboxylic acids is 1. The molecule has 0 bridgehead atoms. The molecule has 0 fully saturated rings. The zero-order valence-corrected chi connectivity index (χ0v) is 9.53. The third-order valence-electron chi connectivity index (χ3n) is 2.27. The first-order valence-electron chi connectivity index (χ1n) is 5.08. The topological polar surface area (TPSA) is 88.2 Å². The predicted molar refractivity (Wildman–Crippen MR) is 65.4 cm³/mol. The third kappa shape index (κ3) is 2.34. The molecule has 0 atom stereocenters. The van der Waals surface area contributed by atoms with Gasteiger partial charge in [-0.15, -0.1) is 0 Å². The van der Waals surface area contributed by atoms with Crippen LogP contribution in [0.2, 0.25) is 0 Å². The number of hydrogen-bond acceptors (Lipinski definition) is 4. The Morgan fingerprint density at radius 1 is 1.50 bits per heavy atom. The summed E-state index contributed by atoms with van der Waals surface area (Å²) >= 11 is 0. The number of azide groups is 1. The smallest absolute Gasteiger partial charge is 0.340 e. The fourth-order valence-corrected chi connectivity index (χ4v) is 1.49. The second kappa shape index (κ2) is 5.07. The van der Waals surface area contributed by atoms with E-state index in [2.05, 4.69) is 14.8 Å². The van der Waals surface area contributed by atoms with Crippen LogP contribution in [0.25, 0.3) is 27.5 Å². The summed E-state index contributed by atoms with van der Waals surface area (Å²) in [6.07, 6.45) is 1.34. The van der Waals surface area contributed by atoms with E-state index in [1.54, 1.807) is 12.1 Å². The summed E-state index contributed by atoms with van der Waals surface area (Å²) in [5.74, 6) is -0.294. The third-order valence-corrected chi connectivity index (χ3v) is 2.27. The number of methoxy groups -OCH3 is 1. The first-order valence-corrected chi connectivity index (χ1v) is 5.08. The fourth-order valence-electron chi connectivity index (χ4n) is 1.49. The van der Waals surface area contributed by atoms with Crippen molar-refractivity contribution < 1.29 is 13.9 Å². The average molecular weight is 243 g/mol. The maximum absolute atomic E-state index is 11.3. The molecule has 0 N–H and O–H groups in total. The zero-order chi connectivity index (χ0) is 13.0. The van der Waals surface area contributed by atoms with Gasteiger partial charge in [-0.25, -0.2) is 4.79 Å². The van der Waals surface area contributed by atoms with Crippen molar-refractivity contribution in [3.63, 3.8) is 0 Å². The maximum atomic E-state index is 11.3. The Balaban J connectivity index is 2.46. The number of ether oxygens (including phenoxy) is 1. The fraction of sp³-hybridized carbons (Fsp3) is 0.0833. The molecule has 0 saturated carbocycles. The number of furan rings is 1. The second-order valence-electron chi connectivity index (χ2n) is 3.40. The van der Waals surface area contributed by atoms with Gasteiger partial charge in [0.25, 0.3) is 0 Å². The van der Waals surface area contributed by atoms with Gasteiger partial charge in [0.05, 0.1) is 7.11 Å². The summed E-state index contributed by atoms with van der Waals surface area (Å²) in [5, 5.41) is 4.16. The van der Waals surface area contributed by atoms with E-state index in [0.717, 1.165) is 5.39 Å². The minimum Gasteiger partial charge on any atom is -0.466 e. The van der Waals surface area contributed by atoms with Gasteiger partial charge in [0, 0.05) is 10.3 Å². The van der Waals surface area contributed by atoms with Gasteiger partial charge in [-0.05, 0) is 23.7 Å². The van der Waals surface area contributed by atoms with Crippen LogP contribution < -0.4 is 0 Å². The summed E-state index contributed by atoms with van der Waals surface area (Å²) in [4.78, 5) is 13.9. The van der Waals surface area contributed by atoms with Gasteiger partial charge in [-0.3, -0.25) is 0 Å². The van der Waals surface area contributed by atoms with Crippen LogP contribution in [-0.4, -0.2) is 13.1 Å². The molecule has 90 valence electrons. The molecule has 6 nitrogen and oxygen atoms in total. The van der Waals surface area contributed by atoms with Gasteiger partial charge < -0.3 is 9.15 Å². The maximum Gasteiger partial charge on any atom is 0.340 e. The number of fused-ring (bicyclic) bond motifs is 1. The van der Waals surface area contributed by atoms with Crippen LogP contribution in [0.3, 0.4) is 0 Å². The Morgan fingerprint density at radius 2 is 2.28 bits per heavy atom. The molecule has 18 heavy (non-hydrogen) atoms. The number of rotatable bonds is 3. The molecule has 0 amide bonds. The van der Waals surface area contributed by atoms with Crippen LogP contribution in [0.1, 0.15) is 5.76 Å². The molecule has 0 radical (unpaired) electrons. The number of hydrogen-bond donors (Lipinski definition) is 0. The van der Waals surface area contributed by atoms with E-state index < -0.39 is 5.97 Å². The molecule has 0 aliphatic heterocycles. The van der Waals surface area contributed by atoms with E-state index in [9.17, 15) is 4.79 Å². The number of nitrogens with zero attached hydrogens (tertiary/aromatic N) is 3. The summed E-state index contributed by atoms with van der Waals surface area (Å²) < 4.78 is 9.97. The lowest BCUT2D eigenvalue weighted by Gasteiger charge is -1.96. The van der Waals surface area contributed by atoms with Crippen LogP contribution in [0.15, 0.2) is 45.6 Å². The van der Waals surface area contributed by atoms with Gasteiger partial charge in [-0.2, -0.15) is 0 Å². The van der Waals surface area contributed by atoms with Crippen LogP contribution in [0.4, 0.5) is 0 Å². The molecule has 1 heterocycles. The molecule has 2 aromatic rings. The lowest BCUT2D eigenvalue weighted by molar-refractivity contribution is -0.136. The summed E-state index contributed by atoms with van der Waals surface area (Å²) in [6, 6.07) is 9.14. The highest BCUT2D eigenvalue weighted by Crippen LogP contribution is 2.21. The highest BCUT2D eigenvalue weighted by atomic mass is 16.5. The number of para-hydroxylation sites is 1. The van der Waals surface area contributed by atoms with Crippen molar-refractivity contribution >= 4 is 23.0 Å². The van der Waals surface area contributed by atoms with E-state index >= 15 is 0 Å². The SMILES string of the molecule is COC(=O)/C(=C/c1cc2ccccc2o1)N=[N+]=[N-]. The van der Waals surface area contributed by atoms with Gasteiger partial charge in [-0.1, -0.05) is 23.3 Å². The van der Waals surface area contributed by atoms with E-state index in [1.165, 1.54) is 13.2 Å². The molecular weight excluding hydrogens is 234 g/mol. The van der Waals surface area contributed by atoms with Crippen LogP contribution in [0.5, 0.6) is 0 Å². The predicted octanol–water partition coefficient (Wildman–Crippen LogP) is 3.26. The van der Waals surface area contributed by atoms with Crippen molar-refractivity contribution in [2.24, 2.45) is 5.11 Å². The Bertz CT molecular complexity index is 633. The Kier molecular flexibility index (Phi) is 3.31. The monoisotopic (exact) mass is 243 g/mol. The second-order valence-corrected chi connectivity index (χ2v) is 3.40. The van der Waals surface area contributed by atoms with Gasteiger partial charge in [0.15, 0.2) is 0 Å². The van der Waals surface area contributed by atoms with Gasteiger partial charge >= 0.3 is 5.97 Å². The summed E-state index contributed by atoms with van der Waals surface area (Å²) in [6.45, 7) is 0. The lowest BCUT2D eigenvalue weighted by Crippen LogP contribution is -2.01. The number of carbonyl (C=O) groups is 1. The lowest BCUT2D eigenvalue weighted by atomic mass is 10.2.